The zero-order valence-electron chi connectivity index (χ0n) is 21.0. The van der Waals surface area contributed by atoms with Gasteiger partial charge in [-0.25, -0.2) is 0 Å². The van der Waals surface area contributed by atoms with Crippen molar-refractivity contribution < 1.29 is 4.74 Å². The average Bonchev–Trinajstić information content (AvgIpc) is 3.05. The molecule has 0 aromatic carbocycles. The van der Waals surface area contributed by atoms with E-state index in [9.17, 15) is 0 Å². The Morgan fingerprint density at radius 2 is 1.80 bits per heavy atom. The van der Waals surface area contributed by atoms with Gasteiger partial charge in [-0.2, -0.15) is 0 Å². The van der Waals surface area contributed by atoms with E-state index in [1.54, 1.807) is 5.57 Å². The summed E-state index contributed by atoms with van der Waals surface area (Å²) < 4.78 is 6.04. The molecule has 4 rings (SSSR count). The number of rotatable bonds is 7. The Labute approximate surface area is 187 Å². The van der Waals surface area contributed by atoms with E-state index in [0.29, 0.717) is 16.9 Å². The molecule has 0 unspecified atom stereocenters. The maximum atomic E-state index is 6.04. The second-order valence-electron chi connectivity index (χ2n) is 12.6. The van der Waals surface area contributed by atoms with Crippen molar-refractivity contribution in [3.8, 4) is 0 Å². The van der Waals surface area contributed by atoms with E-state index in [2.05, 4.69) is 47.6 Å². The topological polar surface area (TPSA) is 9.23 Å². The molecule has 3 saturated carbocycles. The third kappa shape index (κ3) is 3.95. The molecule has 0 heterocycles. The molecular formula is C29H50O. The van der Waals surface area contributed by atoms with E-state index < -0.39 is 0 Å². The lowest BCUT2D eigenvalue weighted by atomic mass is 9.47. The zero-order chi connectivity index (χ0) is 21.5. The normalized spacial score (nSPS) is 44.2. The van der Waals surface area contributed by atoms with Crippen molar-refractivity contribution in [3.63, 3.8) is 0 Å². The van der Waals surface area contributed by atoms with Gasteiger partial charge in [0.1, 0.15) is 0 Å². The molecular weight excluding hydrogens is 364 g/mol. The van der Waals surface area contributed by atoms with Gasteiger partial charge in [0.15, 0.2) is 0 Å². The molecule has 0 N–H and O–H groups in total. The lowest BCUT2D eigenvalue weighted by Crippen LogP contribution is -2.51. The Hall–Kier alpha value is -0.300. The van der Waals surface area contributed by atoms with Gasteiger partial charge < -0.3 is 4.74 Å². The molecule has 0 aromatic rings. The van der Waals surface area contributed by atoms with Crippen molar-refractivity contribution in [1.82, 2.24) is 0 Å². The molecule has 0 saturated heterocycles. The molecule has 8 atom stereocenters. The summed E-state index contributed by atoms with van der Waals surface area (Å²) in [6.07, 6.45) is 18.7. The highest BCUT2D eigenvalue weighted by atomic mass is 16.5. The number of fused-ring (bicyclic) bond motifs is 5. The third-order valence-electron chi connectivity index (χ3n) is 10.7. The summed E-state index contributed by atoms with van der Waals surface area (Å²) in [5, 5.41) is 0. The lowest BCUT2D eigenvalue weighted by molar-refractivity contribution is -0.0630. The van der Waals surface area contributed by atoms with Crippen LogP contribution in [0.25, 0.3) is 0 Å². The predicted octanol–water partition coefficient (Wildman–Crippen LogP) is 8.43. The minimum Gasteiger partial charge on any atom is -0.378 e. The fourth-order valence-electron chi connectivity index (χ4n) is 9.03. The van der Waals surface area contributed by atoms with Gasteiger partial charge in [0.2, 0.25) is 0 Å². The fourth-order valence-corrected chi connectivity index (χ4v) is 9.03. The second-order valence-corrected chi connectivity index (χ2v) is 12.6. The molecule has 0 spiro atoms. The van der Waals surface area contributed by atoms with Crippen LogP contribution >= 0.6 is 0 Å². The number of hydrogen-bond acceptors (Lipinski definition) is 1. The first-order valence-corrected chi connectivity index (χ1v) is 13.6. The molecule has 1 nitrogen and oxygen atoms in total. The average molecular weight is 415 g/mol. The molecule has 0 radical (unpaired) electrons. The Kier molecular flexibility index (Phi) is 6.80. The monoisotopic (exact) mass is 414 g/mol. The van der Waals surface area contributed by atoms with Gasteiger partial charge in [0, 0.05) is 6.61 Å². The van der Waals surface area contributed by atoms with Crippen molar-refractivity contribution >= 4 is 0 Å². The summed E-state index contributed by atoms with van der Waals surface area (Å²) in [4.78, 5) is 0. The smallest absolute Gasteiger partial charge is 0.0612 e. The van der Waals surface area contributed by atoms with Gasteiger partial charge in [-0.1, -0.05) is 65.5 Å². The molecule has 1 heteroatoms. The van der Waals surface area contributed by atoms with Gasteiger partial charge in [0.05, 0.1) is 6.10 Å². The van der Waals surface area contributed by atoms with Crippen molar-refractivity contribution in [2.24, 2.45) is 46.3 Å². The van der Waals surface area contributed by atoms with Crippen LogP contribution in [0.15, 0.2) is 11.6 Å². The molecule has 30 heavy (non-hydrogen) atoms. The van der Waals surface area contributed by atoms with E-state index in [-0.39, 0.29) is 0 Å². The summed E-state index contributed by atoms with van der Waals surface area (Å²) in [6.45, 7) is 15.7. The number of allylic oxidation sites excluding steroid dienone is 1. The molecule has 0 aromatic heterocycles. The zero-order valence-corrected chi connectivity index (χ0v) is 21.0. The quantitative estimate of drug-likeness (QED) is 0.380. The first-order valence-electron chi connectivity index (χ1n) is 13.6. The summed E-state index contributed by atoms with van der Waals surface area (Å²) in [6, 6.07) is 0. The second kappa shape index (κ2) is 8.92. The van der Waals surface area contributed by atoms with Crippen LogP contribution in [-0.2, 0) is 4.74 Å². The van der Waals surface area contributed by atoms with Crippen LogP contribution in [0.2, 0.25) is 0 Å². The molecule has 3 fully saturated rings. The van der Waals surface area contributed by atoms with E-state index in [0.717, 1.165) is 42.1 Å². The Balaban J connectivity index is 1.47. The van der Waals surface area contributed by atoms with Crippen molar-refractivity contribution in [2.75, 3.05) is 6.61 Å². The SMILES string of the molecule is CCO[C@H]1CC[C@@]2(C)C(=CC[C@@H]3[C@H]4CC[C@@H]([C@@H](C)CCCC(C)C)[C@]4(C)CC[C@H]32)C1. The summed E-state index contributed by atoms with van der Waals surface area (Å²) in [5.74, 6) is 5.63. The van der Waals surface area contributed by atoms with E-state index >= 15 is 0 Å². The Morgan fingerprint density at radius 1 is 1.00 bits per heavy atom. The van der Waals surface area contributed by atoms with E-state index in [1.807, 2.05) is 0 Å². The third-order valence-corrected chi connectivity index (χ3v) is 10.7. The fraction of sp³-hybridized carbons (Fsp3) is 0.931. The van der Waals surface area contributed by atoms with Gasteiger partial charge in [-0.05, 0) is 105 Å². The van der Waals surface area contributed by atoms with Gasteiger partial charge in [0.25, 0.3) is 0 Å². The summed E-state index contributed by atoms with van der Waals surface area (Å²) in [5.41, 5.74) is 2.86. The van der Waals surface area contributed by atoms with E-state index in [4.69, 9.17) is 4.74 Å². The van der Waals surface area contributed by atoms with Crippen LogP contribution in [-0.4, -0.2) is 12.7 Å². The lowest BCUT2D eigenvalue weighted by Gasteiger charge is -2.58. The van der Waals surface area contributed by atoms with Crippen LogP contribution in [0, 0.1) is 46.3 Å². The Bertz CT molecular complexity index is 620. The first-order chi connectivity index (χ1) is 14.3. The van der Waals surface area contributed by atoms with Crippen LogP contribution in [0.1, 0.15) is 112 Å². The summed E-state index contributed by atoms with van der Waals surface area (Å²) in [7, 11) is 0. The van der Waals surface area contributed by atoms with E-state index in [1.165, 1.54) is 70.6 Å². The van der Waals surface area contributed by atoms with Crippen LogP contribution in [0.4, 0.5) is 0 Å². The molecule has 4 aliphatic carbocycles. The highest BCUT2D eigenvalue weighted by Crippen LogP contribution is 2.67. The molecule has 0 bridgehead atoms. The highest BCUT2D eigenvalue weighted by molar-refractivity contribution is 5.25. The van der Waals surface area contributed by atoms with Gasteiger partial charge in [-0.3, -0.25) is 0 Å². The minimum absolute atomic E-state index is 0.471. The first kappa shape index (κ1) is 22.9. The number of ether oxygens (including phenoxy) is 1. The van der Waals surface area contributed by atoms with Crippen molar-refractivity contribution in [3.05, 3.63) is 11.6 Å². The predicted molar refractivity (Wildman–Crippen MR) is 128 cm³/mol. The van der Waals surface area contributed by atoms with Crippen LogP contribution in [0.3, 0.4) is 0 Å². The minimum atomic E-state index is 0.471. The van der Waals surface area contributed by atoms with Crippen LogP contribution in [0.5, 0.6) is 0 Å². The van der Waals surface area contributed by atoms with Crippen LogP contribution < -0.4 is 0 Å². The molecule has 0 aliphatic heterocycles. The standard InChI is InChI=1S/C29H50O/c1-7-30-23-15-17-28(5)22(19-23)11-12-24-26-14-13-25(21(4)10-8-9-20(2)3)29(26,6)18-16-27(24)28/h11,20-21,23-27H,7-10,12-19H2,1-6H3/t21-,23-,24+,25-,26+,27+,28-,29-/m0/s1. The number of hydrogen-bond donors (Lipinski definition) is 0. The van der Waals surface area contributed by atoms with Gasteiger partial charge >= 0.3 is 0 Å². The van der Waals surface area contributed by atoms with Gasteiger partial charge in [-0.15, -0.1) is 0 Å². The van der Waals surface area contributed by atoms with Crippen molar-refractivity contribution in [2.45, 2.75) is 118 Å². The molecule has 0 amide bonds. The highest BCUT2D eigenvalue weighted by Gasteiger charge is 2.59. The largest absolute Gasteiger partial charge is 0.378 e. The summed E-state index contributed by atoms with van der Waals surface area (Å²) >= 11 is 0. The van der Waals surface area contributed by atoms with Crippen molar-refractivity contribution in [1.29, 1.82) is 0 Å². The molecule has 4 aliphatic rings. The molecule has 172 valence electrons. The maximum absolute atomic E-state index is 6.04. The Morgan fingerprint density at radius 3 is 2.53 bits per heavy atom. The maximum Gasteiger partial charge on any atom is 0.0612 e.